The van der Waals surface area contributed by atoms with Crippen LogP contribution >= 0.6 is 11.3 Å². The number of nitrogens with zero attached hydrogens (tertiary/aromatic N) is 5. The van der Waals surface area contributed by atoms with E-state index in [1.165, 1.54) is 31.3 Å². The fourth-order valence-electron chi connectivity index (χ4n) is 10.8. The van der Waals surface area contributed by atoms with Crippen LogP contribution < -0.4 is 20.7 Å². The highest BCUT2D eigenvalue weighted by Gasteiger charge is 2.46. The van der Waals surface area contributed by atoms with E-state index in [1.807, 2.05) is 31.4 Å². The molecule has 0 fully saturated rings. The number of amides is 2. The van der Waals surface area contributed by atoms with Gasteiger partial charge in [-0.05, 0) is 103 Å². The molecule has 0 spiro atoms. The number of aromatic nitrogens is 2. The maximum atomic E-state index is 14.6. The number of hydrogen-bond donors (Lipinski definition) is 7. The summed E-state index contributed by atoms with van der Waals surface area (Å²) in [5.41, 5.74) is 1.94. The third kappa shape index (κ3) is 14.1. The number of nitrogens with two attached hydrogens (primary N) is 1. The Bertz CT molecular complexity index is 4680. The van der Waals surface area contributed by atoms with Crippen LogP contribution in [0.4, 0.5) is 16.5 Å². The summed E-state index contributed by atoms with van der Waals surface area (Å²) in [6, 6.07) is 16.1. The van der Waals surface area contributed by atoms with Gasteiger partial charge in [0.2, 0.25) is 31.1 Å². The van der Waals surface area contributed by atoms with Crippen molar-refractivity contribution in [3.63, 3.8) is 0 Å². The highest BCUT2D eigenvalue weighted by molar-refractivity contribution is 7.91. The fraction of sp³-hybridized carbons (Fsp3) is 0.315. The molecule has 1 aromatic heterocycles. The molecule has 2 aliphatic heterocycles. The number of anilines is 2. The molecule has 87 heavy (non-hydrogen) atoms. The first kappa shape index (κ1) is 66.2. The Morgan fingerprint density at radius 1 is 0.724 bits per heavy atom. The summed E-state index contributed by atoms with van der Waals surface area (Å²) in [5, 5.41) is 17.5. The molecule has 0 aliphatic carbocycles. The van der Waals surface area contributed by atoms with E-state index in [0.29, 0.717) is 69.8 Å². The zero-order valence-corrected chi connectivity index (χ0v) is 53.1. The van der Waals surface area contributed by atoms with Gasteiger partial charge in [-0.2, -0.15) is 38.2 Å². The molecule has 5 aromatic carbocycles. The Labute approximate surface area is 507 Å². The summed E-state index contributed by atoms with van der Waals surface area (Å²) >= 11 is 0.568. The zero-order chi connectivity index (χ0) is 64.2. The van der Waals surface area contributed by atoms with Gasteiger partial charge in [0, 0.05) is 90.4 Å². The molecule has 33 heteroatoms. The predicted molar refractivity (Wildman–Crippen MR) is 325 cm³/mol. The van der Waals surface area contributed by atoms with Crippen LogP contribution in [0, 0.1) is 0 Å². The Balaban J connectivity index is 1.05. The molecular weight excluding hydrogens is 1270 g/mol. The number of hydrogen-bond acceptors (Lipinski definition) is 18. The van der Waals surface area contributed by atoms with E-state index >= 15 is 0 Å². The van der Waals surface area contributed by atoms with Crippen LogP contribution in [-0.4, -0.2) is 138 Å². The second kappa shape index (κ2) is 24.3. The Morgan fingerprint density at radius 3 is 1.92 bits per heavy atom. The third-order valence-electron chi connectivity index (χ3n) is 14.8. The summed E-state index contributed by atoms with van der Waals surface area (Å²) in [6.07, 6.45) is 9.04. The van der Waals surface area contributed by atoms with E-state index in [1.54, 1.807) is 67.3 Å². The highest BCUT2D eigenvalue weighted by Crippen LogP contribution is 2.52. The monoisotopic (exact) mass is 1330 g/mol. The summed E-state index contributed by atoms with van der Waals surface area (Å²) in [5.74, 6) is -1.69. The average molecular weight is 1330 g/mol. The van der Waals surface area contributed by atoms with Gasteiger partial charge in [-0.1, -0.05) is 68.5 Å². The lowest BCUT2D eigenvalue weighted by molar-refractivity contribution is -0.437. The third-order valence-corrected chi connectivity index (χ3v) is 22.2. The largest absolute Gasteiger partial charge is 0.352 e. The molecule has 0 unspecified atom stereocenters. The number of fused-ring (bicyclic) bond motifs is 6. The summed E-state index contributed by atoms with van der Waals surface area (Å²) < 4.78 is 195. The van der Waals surface area contributed by atoms with Crippen LogP contribution in [-0.2, 0) is 82.7 Å². The number of primary sulfonamides is 1. The molecule has 0 bridgehead atoms. The van der Waals surface area contributed by atoms with E-state index in [2.05, 4.69) is 20.8 Å². The molecule has 0 saturated carbocycles. The minimum Gasteiger partial charge on any atom is -0.352 e. The smallest absolute Gasteiger partial charge is 0.295 e. The fourth-order valence-corrected chi connectivity index (χ4v) is 16.0. The van der Waals surface area contributed by atoms with E-state index in [4.69, 9.17) is 5.14 Å². The lowest BCUT2D eigenvalue weighted by atomic mass is 9.79. The average Bonchev–Trinajstić information content (AvgIpc) is 1.65. The number of rotatable bonds is 23. The predicted octanol–water partition coefficient (Wildman–Crippen LogP) is 6.06. The van der Waals surface area contributed by atoms with Crippen molar-refractivity contribution < 1.29 is 82.9 Å². The summed E-state index contributed by atoms with van der Waals surface area (Å²) in [7, 11) is -26.9. The number of carbonyl (C=O) groups is 2. The minimum absolute atomic E-state index is 0.00695. The van der Waals surface area contributed by atoms with Gasteiger partial charge in [-0.25, -0.2) is 26.3 Å². The molecule has 0 saturated heterocycles. The Kier molecular flexibility index (Phi) is 18.5. The van der Waals surface area contributed by atoms with Crippen molar-refractivity contribution in [3.8, 4) is 0 Å². The molecule has 2 aliphatic rings. The van der Waals surface area contributed by atoms with Crippen LogP contribution in [0.25, 0.3) is 21.5 Å². The lowest BCUT2D eigenvalue weighted by Gasteiger charge is -2.27. The van der Waals surface area contributed by atoms with Gasteiger partial charge < -0.3 is 10.2 Å². The van der Waals surface area contributed by atoms with Crippen LogP contribution in [0.1, 0.15) is 87.4 Å². The number of carbonyl (C=O) groups excluding carboxylic acids is 2. The SMILES string of the molecule is CCC[N+]1=C(C=CC=CC=C2N(CCCS(=O)(=O)O)c3ccc4c(S(=O)(=O)N(C)CCCC(=O)NCc5ccc(C(=O)Nc6nnc(S(N)(=O)=O)s6)cc5)cc(S(=O)(=O)O)cc4c3C2(C)C)C(C)(C)c2c1ccc1c(S(=O)(=O)O)cc(S(=O)(=O)O)cc21. The second-order valence-electron chi connectivity index (χ2n) is 21.5. The van der Waals surface area contributed by atoms with Gasteiger partial charge in [-0.15, -0.1) is 10.2 Å². The van der Waals surface area contributed by atoms with Crippen molar-refractivity contribution in [3.05, 3.63) is 131 Å². The first-order valence-corrected chi connectivity index (χ1v) is 36.1. The van der Waals surface area contributed by atoms with Gasteiger partial charge >= 0.3 is 0 Å². The Morgan fingerprint density at radius 2 is 1.33 bits per heavy atom. The standard InChI is InChI=1S/C54H60N8O18S7/c1-7-24-61-41-23-21-38-40(29-36(86(75,76)77)31-44(38)87(78,79)80)49(41)53(2,3)45(61)13-9-8-10-14-46-54(4,5)48-39-28-35(85(72,73)74)30-43(37(39)20-22-42(48)62(46)26-12-27-82(65,66)67)84(70,71)60(6)25-11-15-47(63)56-32-33-16-18-34(19-17-33)50(64)57-51-58-59-52(81-51)83(55,68)69/h8-10,13-14,16-23,28-31H,7,11-12,15,24-27,32H2,1-6H3,(H7-,55,56,57,58,63,64,65,66,67,68,69,72,73,74,75,76,77,78,79,80)/p+1. The maximum absolute atomic E-state index is 14.6. The van der Waals surface area contributed by atoms with Crippen molar-refractivity contribution >= 4 is 127 Å². The molecule has 2 amide bonds. The van der Waals surface area contributed by atoms with Gasteiger partial charge in [0.05, 0.1) is 25.9 Å². The lowest BCUT2D eigenvalue weighted by Crippen LogP contribution is -2.30. The van der Waals surface area contributed by atoms with Crippen molar-refractivity contribution in [2.45, 2.75) is 102 Å². The van der Waals surface area contributed by atoms with Crippen molar-refractivity contribution in [2.75, 3.05) is 42.7 Å². The molecule has 0 radical (unpaired) electrons. The summed E-state index contributed by atoms with van der Waals surface area (Å²) in [4.78, 5) is 24.8. The quantitative estimate of drug-likeness (QED) is 0.0166. The second-order valence-corrected chi connectivity index (χ2v) is 32.1. The van der Waals surface area contributed by atoms with Crippen molar-refractivity contribution in [1.29, 1.82) is 0 Å². The first-order valence-electron chi connectivity index (χ1n) is 26.3. The number of sulfonamides is 2. The number of allylic oxidation sites excluding steroid dienone is 6. The van der Waals surface area contributed by atoms with E-state index < -0.39 is 113 Å². The molecule has 8 rings (SSSR count). The number of nitrogens with one attached hydrogen (secondary N) is 2. The topological polar surface area (TPSA) is 405 Å². The van der Waals surface area contributed by atoms with E-state index in [9.17, 15) is 78.3 Å². The van der Waals surface area contributed by atoms with Crippen LogP contribution in [0.5, 0.6) is 0 Å². The number of benzene rings is 5. The van der Waals surface area contributed by atoms with Gasteiger partial charge in [0.15, 0.2) is 5.71 Å². The van der Waals surface area contributed by atoms with Crippen molar-refractivity contribution in [1.82, 2.24) is 19.8 Å². The highest BCUT2D eigenvalue weighted by atomic mass is 32.3. The molecule has 8 N–H and O–H groups in total. The first-order chi connectivity index (χ1) is 40.3. The van der Waals surface area contributed by atoms with Gasteiger partial charge in [-0.3, -0.25) is 33.1 Å². The molecule has 3 heterocycles. The zero-order valence-electron chi connectivity index (χ0n) is 47.4. The van der Waals surface area contributed by atoms with Gasteiger partial charge in [0.25, 0.3) is 56.4 Å². The molecule has 6 aromatic rings. The van der Waals surface area contributed by atoms with Crippen LogP contribution in [0.2, 0.25) is 0 Å². The molecule has 0 atom stereocenters. The van der Waals surface area contributed by atoms with Crippen LogP contribution in [0.3, 0.4) is 0 Å². The molecule has 26 nitrogen and oxygen atoms in total. The van der Waals surface area contributed by atoms with E-state index in [-0.39, 0.29) is 71.1 Å². The van der Waals surface area contributed by atoms with Crippen LogP contribution in [0.15, 0.2) is 133 Å². The summed E-state index contributed by atoms with van der Waals surface area (Å²) in [6.45, 7) is 9.48. The maximum Gasteiger partial charge on any atom is 0.295 e. The molecular formula is C54H61N8O18S7+. The minimum atomic E-state index is -5.08. The Hall–Kier alpha value is -6.73. The van der Waals surface area contributed by atoms with E-state index in [0.717, 1.165) is 22.5 Å². The molecule has 466 valence electrons. The van der Waals surface area contributed by atoms with Gasteiger partial charge in [0.1, 0.15) is 11.4 Å². The normalized spacial score (nSPS) is 16.0. The van der Waals surface area contributed by atoms with Crippen molar-refractivity contribution in [2.24, 2.45) is 5.14 Å².